The van der Waals surface area contributed by atoms with Gasteiger partial charge in [0.05, 0.1) is 23.7 Å². The van der Waals surface area contributed by atoms with Crippen molar-refractivity contribution in [1.29, 1.82) is 0 Å². The van der Waals surface area contributed by atoms with Crippen LogP contribution in [0.2, 0.25) is 0 Å². The monoisotopic (exact) mass is 359 g/mol. The molecule has 26 heavy (non-hydrogen) atoms. The Hall–Kier alpha value is -2.70. The highest BCUT2D eigenvalue weighted by atomic mass is 16.5. The molecule has 1 aromatic heterocycles. The normalized spacial score (nSPS) is 12.2. The van der Waals surface area contributed by atoms with E-state index in [0.717, 1.165) is 5.56 Å². The lowest BCUT2D eigenvalue weighted by molar-refractivity contribution is -0.155. The minimum Gasteiger partial charge on any atom is -0.452 e. The highest BCUT2D eigenvalue weighted by Crippen LogP contribution is 2.11. The van der Waals surface area contributed by atoms with Crippen LogP contribution >= 0.6 is 0 Å². The van der Waals surface area contributed by atoms with Gasteiger partial charge < -0.3 is 10.1 Å². The Kier molecular flexibility index (Phi) is 6.49. The Morgan fingerprint density at radius 1 is 1.27 bits per heavy atom. The van der Waals surface area contributed by atoms with E-state index in [9.17, 15) is 14.4 Å². The summed E-state index contributed by atoms with van der Waals surface area (Å²) in [5.41, 5.74) is 1.38. The SMILES string of the molecule is Cc1cccc2c(=O)n(CCC(=O)OC(C)C(=O)NCC(C)C)cnc12. The second kappa shape index (κ2) is 8.60. The molecule has 1 unspecified atom stereocenters. The summed E-state index contributed by atoms with van der Waals surface area (Å²) >= 11 is 0. The Morgan fingerprint density at radius 3 is 2.69 bits per heavy atom. The average Bonchev–Trinajstić information content (AvgIpc) is 2.59. The summed E-state index contributed by atoms with van der Waals surface area (Å²) in [7, 11) is 0. The number of nitrogens with one attached hydrogen (secondary N) is 1. The summed E-state index contributed by atoms with van der Waals surface area (Å²) in [5.74, 6) is -0.543. The van der Waals surface area contributed by atoms with Gasteiger partial charge in [0.1, 0.15) is 0 Å². The topological polar surface area (TPSA) is 90.3 Å². The predicted octanol–water partition coefficient (Wildman–Crippen LogP) is 1.80. The summed E-state index contributed by atoms with van der Waals surface area (Å²) in [5, 5.41) is 3.23. The number of benzene rings is 1. The summed E-state index contributed by atoms with van der Waals surface area (Å²) in [6, 6.07) is 5.41. The first-order valence-electron chi connectivity index (χ1n) is 8.71. The van der Waals surface area contributed by atoms with E-state index in [1.165, 1.54) is 17.8 Å². The van der Waals surface area contributed by atoms with Gasteiger partial charge in [-0.05, 0) is 31.4 Å². The fourth-order valence-corrected chi connectivity index (χ4v) is 2.47. The number of nitrogens with zero attached hydrogens (tertiary/aromatic N) is 2. The van der Waals surface area contributed by atoms with Crippen LogP contribution in [0.5, 0.6) is 0 Å². The maximum atomic E-state index is 12.5. The predicted molar refractivity (Wildman–Crippen MR) is 98.8 cm³/mol. The van der Waals surface area contributed by atoms with E-state index in [-0.39, 0.29) is 24.4 Å². The van der Waals surface area contributed by atoms with Crippen molar-refractivity contribution in [1.82, 2.24) is 14.9 Å². The number of hydrogen-bond acceptors (Lipinski definition) is 5. The molecule has 0 fully saturated rings. The Balaban J connectivity index is 1.95. The van der Waals surface area contributed by atoms with Crippen molar-refractivity contribution in [3.63, 3.8) is 0 Å². The molecule has 1 N–H and O–H groups in total. The molecular formula is C19H25N3O4. The van der Waals surface area contributed by atoms with E-state index < -0.39 is 12.1 Å². The van der Waals surface area contributed by atoms with E-state index in [2.05, 4.69) is 10.3 Å². The smallest absolute Gasteiger partial charge is 0.308 e. The number of rotatable bonds is 7. The van der Waals surface area contributed by atoms with Gasteiger partial charge in [-0.2, -0.15) is 0 Å². The van der Waals surface area contributed by atoms with E-state index in [4.69, 9.17) is 4.74 Å². The molecule has 7 nitrogen and oxygen atoms in total. The molecule has 140 valence electrons. The van der Waals surface area contributed by atoms with Crippen molar-refractivity contribution < 1.29 is 14.3 Å². The lowest BCUT2D eigenvalue weighted by Gasteiger charge is -2.15. The molecule has 0 saturated heterocycles. The summed E-state index contributed by atoms with van der Waals surface area (Å²) < 4.78 is 6.51. The maximum Gasteiger partial charge on any atom is 0.308 e. The van der Waals surface area contributed by atoms with Crippen LogP contribution < -0.4 is 10.9 Å². The van der Waals surface area contributed by atoms with Crippen molar-refractivity contribution >= 4 is 22.8 Å². The van der Waals surface area contributed by atoms with E-state index in [1.54, 1.807) is 12.1 Å². The van der Waals surface area contributed by atoms with Gasteiger partial charge in [-0.3, -0.25) is 19.0 Å². The number of aryl methyl sites for hydroxylation is 2. The van der Waals surface area contributed by atoms with Crippen LogP contribution in [0.4, 0.5) is 0 Å². The zero-order chi connectivity index (χ0) is 19.3. The third kappa shape index (κ3) is 4.91. The van der Waals surface area contributed by atoms with Gasteiger partial charge in [-0.25, -0.2) is 4.98 Å². The number of hydrogen-bond donors (Lipinski definition) is 1. The molecule has 0 aliphatic rings. The van der Waals surface area contributed by atoms with E-state index in [1.807, 2.05) is 26.8 Å². The van der Waals surface area contributed by atoms with Crippen LogP contribution in [-0.2, 0) is 20.9 Å². The Bertz CT molecular complexity index is 857. The van der Waals surface area contributed by atoms with Gasteiger partial charge in [0.15, 0.2) is 6.10 Å². The van der Waals surface area contributed by atoms with Gasteiger partial charge in [0.25, 0.3) is 11.5 Å². The zero-order valence-electron chi connectivity index (χ0n) is 15.6. The quantitative estimate of drug-likeness (QED) is 0.761. The first-order valence-corrected chi connectivity index (χ1v) is 8.71. The van der Waals surface area contributed by atoms with Crippen molar-refractivity contribution in [3.05, 3.63) is 40.4 Å². The van der Waals surface area contributed by atoms with E-state index in [0.29, 0.717) is 23.4 Å². The number of para-hydroxylation sites is 1. The highest BCUT2D eigenvalue weighted by molar-refractivity contribution is 5.83. The molecule has 0 saturated carbocycles. The third-order valence-electron chi connectivity index (χ3n) is 3.97. The number of carbonyl (C=O) groups is 2. The molecule has 0 radical (unpaired) electrons. The maximum absolute atomic E-state index is 12.5. The number of aromatic nitrogens is 2. The molecule has 1 aromatic carbocycles. The molecule has 0 bridgehead atoms. The number of carbonyl (C=O) groups excluding carboxylic acids is 2. The molecule has 2 aromatic rings. The van der Waals surface area contributed by atoms with Gasteiger partial charge in [-0.15, -0.1) is 0 Å². The first-order chi connectivity index (χ1) is 12.3. The van der Waals surface area contributed by atoms with Crippen molar-refractivity contribution in [2.75, 3.05) is 6.54 Å². The van der Waals surface area contributed by atoms with Crippen molar-refractivity contribution in [2.24, 2.45) is 5.92 Å². The van der Waals surface area contributed by atoms with Crippen LogP contribution in [0, 0.1) is 12.8 Å². The molecular weight excluding hydrogens is 334 g/mol. The van der Waals surface area contributed by atoms with E-state index >= 15 is 0 Å². The summed E-state index contributed by atoms with van der Waals surface area (Å²) in [4.78, 5) is 40.6. The standard InChI is InChI=1S/C19H25N3O4/c1-12(2)10-20-18(24)14(4)26-16(23)8-9-22-11-21-17-13(3)6-5-7-15(17)19(22)25/h5-7,11-12,14H,8-10H2,1-4H3,(H,20,24). The van der Waals surface area contributed by atoms with Gasteiger partial charge >= 0.3 is 5.97 Å². The Labute approximate surface area is 152 Å². The molecule has 0 aliphatic heterocycles. The molecule has 1 atom stereocenters. The van der Waals surface area contributed by atoms with Crippen molar-refractivity contribution in [3.8, 4) is 0 Å². The molecule has 0 aliphatic carbocycles. The zero-order valence-corrected chi connectivity index (χ0v) is 15.6. The van der Waals surface area contributed by atoms with Crippen molar-refractivity contribution in [2.45, 2.75) is 46.8 Å². The third-order valence-corrected chi connectivity index (χ3v) is 3.97. The second-order valence-electron chi connectivity index (χ2n) is 6.74. The van der Waals surface area contributed by atoms with Crippen LogP contribution in [0.3, 0.4) is 0 Å². The molecule has 1 heterocycles. The fraction of sp³-hybridized carbons (Fsp3) is 0.474. The van der Waals surface area contributed by atoms with Gasteiger partial charge in [0.2, 0.25) is 0 Å². The number of amides is 1. The molecule has 2 rings (SSSR count). The number of esters is 1. The van der Waals surface area contributed by atoms with Crippen LogP contribution in [-0.4, -0.2) is 34.1 Å². The summed E-state index contributed by atoms with van der Waals surface area (Å²) in [6.07, 6.45) is 0.556. The molecule has 1 amide bonds. The van der Waals surface area contributed by atoms with Crippen LogP contribution in [0.25, 0.3) is 10.9 Å². The number of ether oxygens (including phenoxy) is 1. The average molecular weight is 359 g/mol. The van der Waals surface area contributed by atoms with Crippen LogP contribution in [0.1, 0.15) is 32.8 Å². The lowest BCUT2D eigenvalue weighted by Crippen LogP contribution is -2.37. The second-order valence-corrected chi connectivity index (χ2v) is 6.74. The lowest BCUT2D eigenvalue weighted by atomic mass is 10.1. The summed E-state index contributed by atoms with van der Waals surface area (Å²) in [6.45, 7) is 8.05. The molecule has 0 spiro atoms. The fourth-order valence-electron chi connectivity index (χ4n) is 2.47. The highest BCUT2D eigenvalue weighted by Gasteiger charge is 2.18. The minimum absolute atomic E-state index is 0.0132. The Morgan fingerprint density at radius 2 is 2.00 bits per heavy atom. The van der Waals surface area contributed by atoms with Crippen LogP contribution in [0.15, 0.2) is 29.3 Å². The molecule has 7 heteroatoms. The first kappa shape index (κ1) is 19.6. The number of fused-ring (bicyclic) bond motifs is 1. The minimum atomic E-state index is -0.865. The van der Waals surface area contributed by atoms with Gasteiger partial charge in [0, 0.05) is 13.1 Å². The largest absolute Gasteiger partial charge is 0.452 e. The van der Waals surface area contributed by atoms with Gasteiger partial charge in [-0.1, -0.05) is 26.0 Å².